The SMILES string of the molecule is Cn1c(=O)c2c(ncn2CCC(=O)Nc2ccccc2F)n(C)c1=O. The van der Waals surface area contributed by atoms with E-state index in [1.54, 1.807) is 6.07 Å². The van der Waals surface area contributed by atoms with Gasteiger partial charge < -0.3 is 9.88 Å². The van der Waals surface area contributed by atoms with Crippen LogP contribution in [-0.2, 0) is 25.4 Å². The molecule has 9 heteroatoms. The summed E-state index contributed by atoms with van der Waals surface area (Å²) in [5.74, 6) is -0.915. The molecule has 0 bridgehead atoms. The van der Waals surface area contributed by atoms with Gasteiger partial charge in [-0.15, -0.1) is 0 Å². The zero-order valence-electron chi connectivity index (χ0n) is 13.7. The van der Waals surface area contributed by atoms with Crippen LogP contribution in [0.3, 0.4) is 0 Å². The summed E-state index contributed by atoms with van der Waals surface area (Å²) in [6.45, 7) is 0.171. The molecule has 0 spiro atoms. The molecular formula is C16H16FN5O3. The molecule has 130 valence electrons. The summed E-state index contributed by atoms with van der Waals surface area (Å²) < 4.78 is 17.3. The van der Waals surface area contributed by atoms with Gasteiger partial charge in [0.1, 0.15) is 5.82 Å². The van der Waals surface area contributed by atoms with Crippen molar-refractivity contribution >= 4 is 22.8 Å². The van der Waals surface area contributed by atoms with Crippen LogP contribution in [0.25, 0.3) is 11.2 Å². The third-order valence-corrected chi connectivity index (χ3v) is 3.94. The maximum Gasteiger partial charge on any atom is 0.332 e. The van der Waals surface area contributed by atoms with Crippen molar-refractivity contribution in [2.24, 2.45) is 14.1 Å². The van der Waals surface area contributed by atoms with Crippen LogP contribution in [0.5, 0.6) is 0 Å². The maximum absolute atomic E-state index is 13.5. The lowest BCUT2D eigenvalue weighted by Crippen LogP contribution is -2.37. The van der Waals surface area contributed by atoms with Gasteiger partial charge in [-0.25, -0.2) is 14.2 Å². The first-order chi connectivity index (χ1) is 11.9. The Morgan fingerprint density at radius 3 is 2.64 bits per heavy atom. The summed E-state index contributed by atoms with van der Waals surface area (Å²) in [5, 5.41) is 2.48. The summed E-state index contributed by atoms with van der Waals surface area (Å²) in [7, 11) is 2.90. The second kappa shape index (κ2) is 6.34. The fourth-order valence-corrected chi connectivity index (χ4v) is 2.56. The number of benzene rings is 1. The number of anilines is 1. The van der Waals surface area contributed by atoms with E-state index < -0.39 is 23.0 Å². The zero-order valence-corrected chi connectivity index (χ0v) is 13.7. The van der Waals surface area contributed by atoms with Gasteiger partial charge in [-0.3, -0.25) is 18.7 Å². The van der Waals surface area contributed by atoms with E-state index >= 15 is 0 Å². The van der Waals surface area contributed by atoms with E-state index in [1.165, 1.54) is 47.8 Å². The molecule has 1 aromatic carbocycles. The normalized spacial score (nSPS) is 11.0. The number of amides is 1. The molecule has 0 saturated heterocycles. The smallest absolute Gasteiger partial charge is 0.324 e. The number of carbonyl (C=O) groups excluding carboxylic acids is 1. The molecule has 0 aliphatic heterocycles. The number of fused-ring (bicyclic) bond motifs is 1. The molecule has 0 saturated carbocycles. The molecule has 0 radical (unpaired) electrons. The van der Waals surface area contributed by atoms with Crippen LogP contribution in [0, 0.1) is 5.82 Å². The third-order valence-electron chi connectivity index (χ3n) is 3.94. The van der Waals surface area contributed by atoms with Crippen molar-refractivity contribution in [2.75, 3.05) is 5.32 Å². The molecule has 8 nitrogen and oxygen atoms in total. The van der Waals surface area contributed by atoms with Gasteiger partial charge in [0.05, 0.1) is 12.0 Å². The molecule has 0 atom stereocenters. The van der Waals surface area contributed by atoms with Crippen molar-refractivity contribution < 1.29 is 9.18 Å². The van der Waals surface area contributed by atoms with Gasteiger partial charge in [0.25, 0.3) is 5.56 Å². The van der Waals surface area contributed by atoms with Gasteiger partial charge in [0.15, 0.2) is 11.2 Å². The number of halogens is 1. The van der Waals surface area contributed by atoms with Gasteiger partial charge in [0.2, 0.25) is 5.91 Å². The minimum atomic E-state index is -0.521. The lowest BCUT2D eigenvalue weighted by molar-refractivity contribution is -0.116. The molecule has 0 unspecified atom stereocenters. The monoisotopic (exact) mass is 345 g/mol. The van der Waals surface area contributed by atoms with Gasteiger partial charge in [-0.1, -0.05) is 12.1 Å². The van der Waals surface area contributed by atoms with Crippen molar-refractivity contribution in [1.29, 1.82) is 0 Å². The molecule has 3 aromatic rings. The van der Waals surface area contributed by atoms with E-state index in [1.807, 2.05) is 0 Å². The van der Waals surface area contributed by atoms with E-state index in [4.69, 9.17) is 0 Å². The molecule has 0 aliphatic carbocycles. The van der Waals surface area contributed by atoms with Crippen LogP contribution >= 0.6 is 0 Å². The molecule has 1 N–H and O–H groups in total. The van der Waals surface area contributed by atoms with E-state index in [9.17, 15) is 18.8 Å². The minimum Gasteiger partial charge on any atom is -0.324 e. The summed E-state index contributed by atoms with van der Waals surface area (Å²) in [5.41, 5.74) is -0.364. The van der Waals surface area contributed by atoms with E-state index in [0.29, 0.717) is 0 Å². The number of nitrogens with one attached hydrogen (secondary N) is 1. The molecular weight excluding hydrogens is 329 g/mol. The van der Waals surface area contributed by atoms with Gasteiger partial charge >= 0.3 is 5.69 Å². The Kier molecular flexibility index (Phi) is 4.22. The first kappa shape index (κ1) is 16.6. The van der Waals surface area contributed by atoms with Crippen LogP contribution < -0.4 is 16.6 Å². The predicted octanol–water partition coefficient (Wildman–Crippen LogP) is 0.602. The van der Waals surface area contributed by atoms with Gasteiger partial charge in [-0.2, -0.15) is 0 Å². The Morgan fingerprint density at radius 2 is 1.92 bits per heavy atom. The number of para-hydroxylation sites is 1. The van der Waals surface area contributed by atoms with Gasteiger partial charge in [0, 0.05) is 27.1 Å². The summed E-state index contributed by atoms with van der Waals surface area (Å²) in [6, 6.07) is 5.86. The number of aromatic nitrogens is 4. The minimum absolute atomic E-state index is 0.0196. The number of aryl methyl sites for hydroxylation is 2. The third kappa shape index (κ3) is 2.95. The number of imidazole rings is 1. The van der Waals surface area contributed by atoms with Crippen LogP contribution in [0.15, 0.2) is 40.2 Å². The number of hydrogen-bond acceptors (Lipinski definition) is 4. The Hall–Kier alpha value is -3.23. The molecule has 1 amide bonds. The number of rotatable bonds is 4. The molecule has 0 aliphatic rings. The predicted molar refractivity (Wildman–Crippen MR) is 89.9 cm³/mol. The quantitative estimate of drug-likeness (QED) is 0.750. The van der Waals surface area contributed by atoms with Gasteiger partial charge in [-0.05, 0) is 12.1 Å². The van der Waals surface area contributed by atoms with Crippen molar-refractivity contribution in [3.05, 3.63) is 57.2 Å². The highest BCUT2D eigenvalue weighted by molar-refractivity contribution is 5.90. The standard InChI is InChI=1S/C16H16FN5O3/c1-20-14-13(15(24)21(2)16(20)25)22(9-18-14)8-7-12(23)19-11-6-4-3-5-10(11)17/h3-6,9H,7-8H2,1-2H3,(H,19,23). The van der Waals surface area contributed by atoms with Crippen molar-refractivity contribution in [2.45, 2.75) is 13.0 Å². The summed E-state index contributed by atoms with van der Waals surface area (Å²) >= 11 is 0. The molecule has 0 fully saturated rings. The lowest BCUT2D eigenvalue weighted by Gasteiger charge is -2.08. The van der Waals surface area contributed by atoms with E-state index in [0.717, 1.165) is 4.57 Å². The first-order valence-corrected chi connectivity index (χ1v) is 7.55. The molecule has 2 aromatic heterocycles. The average molecular weight is 345 g/mol. The Balaban J connectivity index is 1.83. The second-order valence-electron chi connectivity index (χ2n) is 5.59. The summed E-state index contributed by atoms with van der Waals surface area (Å²) in [4.78, 5) is 40.3. The number of carbonyl (C=O) groups is 1. The second-order valence-corrected chi connectivity index (χ2v) is 5.59. The zero-order chi connectivity index (χ0) is 18.1. The molecule has 25 heavy (non-hydrogen) atoms. The number of nitrogens with zero attached hydrogens (tertiary/aromatic N) is 4. The van der Waals surface area contributed by atoms with Crippen LogP contribution in [0.1, 0.15) is 6.42 Å². The number of hydrogen-bond donors (Lipinski definition) is 1. The highest BCUT2D eigenvalue weighted by Gasteiger charge is 2.15. The molecule has 2 heterocycles. The fraction of sp³-hybridized carbons (Fsp3) is 0.250. The fourth-order valence-electron chi connectivity index (χ4n) is 2.56. The largest absolute Gasteiger partial charge is 0.332 e. The average Bonchev–Trinajstić information content (AvgIpc) is 3.02. The maximum atomic E-state index is 13.5. The summed E-state index contributed by atoms with van der Waals surface area (Å²) in [6.07, 6.45) is 1.42. The highest BCUT2D eigenvalue weighted by atomic mass is 19.1. The van der Waals surface area contributed by atoms with Crippen LogP contribution in [-0.4, -0.2) is 24.6 Å². The Labute approximate surface area is 141 Å². The Bertz CT molecular complexity index is 1080. The van der Waals surface area contributed by atoms with E-state index in [-0.39, 0.29) is 29.8 Å². The van der Waals surface area contributed by atoms with Crippen LogP contribution in [0.2, 0.25) is 0 Å². The Morgan fingerprint density at radius 1 is 1.20 bits per heavy atom. The highest BCUT2D eigenvalue weighted by Crippen LogP contribution is 2.13. The van der Waals surface area contributed by atoms with Crippen molar-refractivity contribution in [1.82, 2.24) is 18.7 Å². The van der Waals surface area contributed by atoms with E-state index in [2.05, 4.69) is 10.3 Å². The first-order valence-electron chi connectivity index (χ1n) is 7.55. The van der Waals surface area contributed by atoms with Crippen LogP contribution in [0.4, 0.5) is 10.1 Å². The van der Waals surface area contributed by atoms with Crippen molar-refractivity contribution in [3.8, 4) is 0 Å². The topological polar surface area (TPSA) is 90.9 Å². The van der Waals surface area contributed by atoms with Crippen molar-refractivity contribution in [3.63, 3.8) is 0 Å². The molecule has 3 rings (SSSR count). The lowest BCUT2D eigenvalue weighted by atomic mass is 10.3.